The highest BCUT2D eigenvalue weighted by Crippen LogP contribution is 2.24. The van der Waals surface area contributed by atoms with Crippen LogP contribution >= 0.6 is 0 Å². The number of fused-ring (bicyclic) bond motifs is 1. The molecular weight excluding hydrogens is 464 g/mol. The average molecular weight is 497 g/mol. The summed E-state index contributed by atoms with van der Waals surface area (Å²) in [7, 11) is 1.63. The molecule has 0 aliphatic carbocycles. The van der Waals surface area contributed by atoms with E-state index in [1.54, 1.807) is 7.05 Å². The second-order valence-corrected chi connectivity index (χ2v) is 9.77. The zero-order chi connectivity index (χ0) is 26.5. The van der Waals surface area contributed by atoms with Crippen molar-refractivity contribution in [2.45, 2.75) is 39.2 Å². The number of benzene rings is 3. The van der Waals surface area contributed by atoms with Gasteiger partial charge in [-0.05, 0) is 56.0 Å². The summed E-state index contributed by atoms with van der Waals surface area (Å²) < 4.78 is 0. The van der Waals surface area contributed by atoms with Gasteiger partial charge in [-0.15, -0.1) is 0 Å². The summed E-state index contributed by atoms with van der Waals surface area (Å²) in [6.07, 6.45) is 2.17. The van der Waals surface area contributed by atoms with E-state index in [2.05, 4.69) is 4.98 Å². The first-order valence-corrected chi connectivity index (χ1v) is 12.4. The summed E-state index contributed by atoms with van der Waals surface area (Å²) in [5, 5.41) is 11.0. The number of nitrogens with zero attached hydrogens (tertiary/aromatic N) is 1. The van der Waals surface area contributed by atoms with Gasteiger partial charge < -0.3 is 15.0 Å². The molecule has 4 rings (SSSR count). The number of hydrogen-bond donors (Lipinski definition) is 2. The Kier molecular flexibility index (Phi) is 7.87. The number of para-hydroxylation sites is 1. The third-order valence-electron chi connectivity index (χ3n) is 6.84. The lowest BCUT2D eigenvalue weighted by Gasteiger charge is -2.28. The number of H-pyrrole nitrogens is 1. The Morgan fingerprint density at radius 3 is 2.22 bits per heavy atom. The molecule has 1 aromatic heterocycles. The van der Waals surface area contributed by atoms with Crippen molar-refractivity contribution >= 4 is 28.6 Å². The Bertz CT molecular complexity index is 1400. The predicted molar refractivity (Wildman–Crippen MR) is 145 cm³/mol. The zero-order valence-corrected chi connectivity index (χ0v) is 21.4. The SMILES string of the molecule is Cc1cc(C)cc(C(=O)N(C)[C@H](Cc2ccccc2)C(=O)C[C@H](Cc2c[nH]c3ccccc23)C(=O)O)c1. The molecule has 6 nitrogen and oxygen atoms in total. The maximum atomic E-state index is 13.7. The second kappa shape index (κ2) is 11.2. The Balaban J connectivity index is 1.60. The molecule has 0 spiro atoms. The third kappa shape index (κ3) is 6.15. The molecule has 6 heteroatoms. The van der Waals surface area contributed by atoms with Crippen molar-refractivity contribution in [3.8, 4) is 0 Å². The van der Waals surface area contributed by atoms with Crippen LogP contribution in [0.1, 0.15) is 39.0 Å². The summed E-state index contributed by atoms with van der Waals surface area (Å²) in [5.41, 5.74) is 5.13. The average Bonchev–Trinajstić information content (AvgIpc) is 3.28. The van der Waals surface area contributed by atoms with Gasteiger partial charge in [0.1, 0.15) is 0 Å². The molecule has 3 aromatic carbocycles. The summed E-state index contributed by atoms with van der Waals surface area (Å²) >= 11 is 0. The van der Waals surface area contributed by atoms with Crippen molar-refractivity contribution in [3.05, 3.63) is 107 Å². The number of rotatable bonds is 10. The van der Waals surface area contributed by atoms with Crippen LogP contribution in [0, 0.1) is 19.8 Å². The standard InChI is InChI=1S/C31H32N2O4/c1-20-13-21(2)15-23(14-20)30(35)33(3)28(16-22-9-5-4-6-10-22)29(34)18-24(31(36)37)17-25-19-32-27-12-8-7-11-26(25)27/h4-15,19,24,28,32H,16-18H2,1-3H3,(H,36,37)/t24-,28+/m0/s1. The number of aliphatic carboxylic acids is 1. The molecule has 0 radical (unpaired) electrons. The van der Waals surface area contributed by atoms with Crippen LogP contribution in [0.3, 0.4) is 0 Å². The van der Waals surface area contributed by atoms with Crippen LogP contribution in [0.5, 0.6) is 0 Å². The number of carboxylic acid groups (broad SMARTS) is 1. The Morgan fingerprint density at radius 2 is 1.54 bits per heavy atom. The van der Waals surface area contributed by atoms with Gasteiger partial charge in [0.05, 0.1) is 12.0 Å². The lowest BCUT2D eigenvalue weighted by Crippen LogP contribution is -2.45. The van der Waals surface area contributed by atoms with E-state index in [9.17, 15) is 19.5 Å². The van der Waals surface area contributed by atoms with Gasteiger partial charge in [-0.1, -0.05) is 65.7 Å². The van der Waals surface area contributed by atoms with Gasteiger partial charge in [0.25, 0.3) is 5.91 Å². The number of ketones is 1. The smallest absolute Gasteiger partial charge is 0.307 e. The maximum Gasteiger partial charge on any atom is 0.307 e. The van der Waals surface area contributed by atoms with Crippen LogP contribution < -0.4 is 0 Å². The van der Waals surface area contributed by atoms with Gasteiger partial charge >= 0.3 is 5.97 Å². The van der Waals surface area contributed by atoms with E-state index in [4.69, 9.17) is 0 Å². The van der Waals surface area contributed by atoms with E-state index in [1.165, 1.54) is 4.90 Å². The first-order valence-electron chi connectivity index (χ1n) is 12.4. The Morgan fingerprint density at radius 1 is 0.892 bits per heavy atom. The predicted octanol–water partition coefficient (Wildman–Crippen LogP) is 5.37. The van der Waals surface area contributed by atoms with Crippen LogP contribution in [0.4, 0.5) is 0 Å². The zero-order valence-electron chi connectivity index (χ0n) is 21.4. The molecule has 2 N–H and O–H groups in total. The number of aromatic nitrogens is 1. The van der Waals surface area contributed by atoms with Crippen molar-refractivity contribution in [2.24, 2.45) is 5.92 Å². The van der Waals surface area contributed by atoms with Gasteiger partial charge in [-0.25, -0.2) is 0 Å². The molecular formula is C31H32N2O4. The van der Waals surface area contributed by atoms with E-state index in [-0.39, 0.29) is 24.5 Å². The van der Waals surface area contributed by atoms with E-state index >= 15 is 0 Å². The molecule has 190 valence electrons. The number of carbonyl (C=O) groups excluding carboxylic acids is 2. The number of amides is 1. The second-order valence-electron chi connectivity index (χ2n) is 9.77. The topological polar surface area (TPSA) is 90.5 Å². The third-order valence-corrected chi connectivity index (χ3v) is 6.84. The van der Waals surface area contributed by atoms with Crippen molar-refractivity contribution in [1.29, 1.82) is 0 Å². The van der Waals surface area contributed by atoms with Crippen molar-refractivity contribution < 1.29 is 19.5 Å². The van der Waals surface area contributed by atoms with Gasteiger partial charge in [-0.2, -0.15) is 0 Å². The first kappa shape index (κ1) is 25.9. The molecule has 2 atom stereocenters. The fourth-order valence-corrected chi connectivity index (χ4v) is 4.94. The van der Waals surface area contributed by atoms with Gasteiger partial charge in [0.2, 0.25) is 0 Å². The molecule has 4 aromatic rings. The highest BCUT2D eigenvalue weighted by Gasteiger charge is 2.32. The van der Waals surface area contributed by atoms with Gasteiger partial charge in [-0.3, -0.25) is 14.4 Å². The number of likely N-dealkylation sites (N-methyl/N-ethyl adjacent to an activating group) is 1. The van der Waals surface area contributed by atoms with Crippen LogP contribution in [-0.4, -0.2) is 45.7 Å². The minimum absolute atomic E-state index is 0.170. The number of carbonyl (C=O) groups is 3. The van der Waals surface area contributed by atoms with E-state index in [0.717, 1.165) is 33.2 Å². The van der Waals surface area contributed by atoms with E-state index in [0.29, 0.717) is 12.0 Å². The van der Waals surface area contributed by atoms with Crippen LogP contribution in [0.25, 0.3) is 10.9 Å². The molecule has 0 saturated heterocycles. The fourth-order valence-electron chi connectivity index (χ4n) is 4.94. The van der Waals surface area contributed by atoms with Crippen LogP contribution in [-0.2, 0) is 22.4 Å². The largest absolute Gasteiger partial charge is 0.481 e. The van der Waals surface area contributed by atoms with E-state index < -0.39 is 17.9 Å². The van der Waals surface area contributed by atoms with Crippen molar-refractivity contribution in [3.63, 3.8) is 0 Å². The fraction of sp³-hybridized carbons (Fsp3) is 0.258. The highest BCUT2D eigenvalue weighted by atomic mass is 16.4. The number of Topliss-reactive ketones (excluding diaryl/α,β-unsaturated/α-hetero) is 1. The maximum absolute atomic E-state index is 13.7. The quantitative estimate of drug-likeness (QED) is 0.309. The highest BCUT2D eigenvalue weighted by molar-refractivity contribution is 5.99. The van der Waals surface area contributed by atoms with E-state index in [1.807, 2.05) is 92.8 Å². The van der Waals surface area contributed by atoms with Crippen molar-refractivity contribution in [2.75, 3.05) is 7.05 Å². The summed E-state index contributed by atoms with van der Waals surface area (Å²) in [6, 6.07) is 22.0. The van der Waals surface area contributed by atoms with Gasteiger partial charge in [0.15, 0.2) is 5.78 Å². The normalized spacial score (nSPS) is 12.7. The minimum Gasteiger partial charge on any atom is -0.481 e. The Labute approximate surface area is 216 Å². The molecule has 0 aliphatic heterocycles. The Hall–Kier alpha value is -4.19. The lowest BCUT2D eigenvalue weighted by molar-refractivity contribution is -0.144. The summed E-state index contributed by atoms with van der Waals surface area (Å²) in [4.78, 5) is 44.0. The number of nitrogens with one attached hydrogen (secondary N) is 1. The summed E-state index contributed by atoms with van der Waals surface area (Å²) in [5.74, 6) is -2.46. The number of hydrogen-bond acceptors (Lipinski definition) is 3. The van der Waals surface area contributed by atoms with Gasteiger partial charge in [0, 0.05) is 36.1 Å². The number of aromatic amines is 1. The minimum atomic E-state index is -1.03. The number of aryl methyl sites for hydroxylation is 2. The van der Waals surface area contributed by atoms with Crippen LogP contribution in [0.15, 0.2) is 79.0 Å². The molecule has 0 saturated carbocycles. The monoisotopic (exact) mass is 496 g/mol. The molecule has 37 heavy (non-hydrogen) atoms. The van der Waals surface area contributed by atoms with Crippen LogP contribution in [0.2, 0.25) is 0 Å². The molecule has 1 heterocycles. The molecule has 0 aliphatic rings. The first-order chi connectivity index (χ1) is 17.7. The lowest BCUT2D eigenvalue weighted by atomic mass is 9.89. The molecule has 0 bridgehead atoms. The number of carboxylic acids is 1. The molecule has 0 fully saturated rings. The molecule has 1 amide bonds. The van der Waals surface area contributed by atoms with Crippen molar-refractivity contribution in [1.82, 2.24) is 9.88 Å². The summed E-state index contributed by atoms with van der Waals surface area (Å²) in [6.45, 7) is 3.86. The molecule has 0 unspecified atom stereocenters.